The maximum atomic E-state index is 4.09. The number of piperazine rings is 1. The van der Waals surface area contributed by atoms with Crippen LogP contribution in [-0.2, 0) is 12.8 Å². The third kappa shape index (κ3) is 4.85. The summed E-state index contributed by atoms with van der Waals surface area (Å²) in [5, 5.41) is 0. The molecule has 1 aliphatic rings. The summed E-state index contributed by atoms with van der Waals surface area (Å²) in [7, 11) is 0. The largest absolute Gasteiger partial charge is 0.300 e. The number of aromatic nitrogens is 2. The second-order valence-corrected chi connectivity index (χ2v) is 6.40. The lowest BCUT2D eigenvalue weighted by atomic mass is 10.1. The molecular weight excluding hydrogens is 284 g/mol. The van der Waals surface area contributed by atoms with Crippen molar-refractivity contribution < 1.29 is 0 Å². The van der Waals surface area contributed by atoms with E-state index in [1.165, 1.54) is 30.8 Å². The van der Waals surface area contributed by atoms with Crippen LogP contribution < -0.4 is 0 Å². The molecule has 0 aliphatic carbocycles. The van der Waals surface area contributed by atoms with Gasteiger partial charge in [0.1, 0.15) is 0 Å². The van der Waals surface area contributed by atoms with Gasteiger partial charge in [0.05, 0.1) is 0 Å². The molecule has 0 amide bonds. The molecule has 0 aromatic carbocycles. The van der Waals surface area contributed by atoms with Crippen molar-refractivity contribution in [1.29, 1.82) is 0 Å². The standard InChI is InChI=1S/C19H26N4/c1-17-16-22(12-6-18-2-8-20-9-3-18)14-15-23(17)13-7-19-4-10-21-11-5-19/h2-5,8-11,17H,6-7,12-16H2,1H3. The zero-order valence-corrected chi connectivity index (χ0v) is 13.9. The van der Waals surface area contributed by atoms with Crippen molar-refractivity contribution in [2.75, 3.05) is 32.7 Å². The minimum absolute atomic E-state index is 0.628. The van der Waals surface area contributed by atoms with Crippen molar-refractivity contribution in [3.8, 4) is 0 Å². The fourth-order valence-corrected chi connectivity index (χ4v) is 3.26. The summed E-state index contributed by atoms with van der Waals surface area (Å²) in [5.74, 6) is 0. The fraction of sp³-hybridized carbons (Fsp3) is 0.474. The lowest BCUT2D eigenvalue weighted by Gasteiger charge is -2.40. The predicted molar refractivity (Wildman–Crippen MR) is 93.4 cm³/mol. The SMILES string of the molecule is CC1CN(CCc2ccncc2)CCN1CCc1ccncc1. The van der Waals surface area contributed by atoms with Crippen LogP contribution in [0.2, 0.25) is 0 Å². The minimum atomic E-state index is 0.628. The van der Waals surface area contributed by atoms with Gasteiger partial charge in [-0.1, -0.05) is 0 Å². The molecule has 0 radical (unpaired) electrons. The van der Waals surface area contributed by atoms with Crippen LogP contribution in [0.25, 0.3) is 0 Å². The van der Waals surface area contributed by atoms with Crippen molar-refractivity contribution >= 4 is 0 Å². The molecule has 122 valence electrons. The van der Waals surface area contributed by atoms with Crippen LogP contribution in [-0.4, -0.2) is 58.5 Å². The first kappa shape index (κ1) is 16.1. The highest BCUT2D eigenvalue weighted by Crippen LogP contribution is 2.12. The molecule has 2 aromatic heterocycles. The maximum Gasteiger partial charge on any atom is 0.0270 e. The molecule has 0 saturated carbocycles. The third-order valence-electron chi connectivity index (χ3n) is 4.75. The van der Waals surface area contributed by atoms with Crippen LogP contribution in [0.15, 0.2) is 49.1 Å². The Kier molecular flexibility index (Phi) is 5.72. The highest BCUT2D eigenvalue weighted by Gasteiger charge is 2.22. The number of rotatable bonds is 6. The first-order valence-electron chi connectivity index (χ1n) is 8.55. The average Bonchev–Trinajstić information content (AvgIpc) is 2.61. The normalized spacial score (nSPS) is 19.8. The summed E-state index contributed by atoms with van der Waals surface area (Å²) in [6, 6.07) is 9.11. The fourth-order valence-electron chi connectivity index (χ4n) is 3.26. The van der Waals surface area contributed by atoms with E-state index in [9.17, 15) is 0 Å². The van der Waals surface area contributed by atoms with E-state index in [0.29, 0.717) is 6.04 Å². The Morgan fingerprint density at radius 3 is 2.00 bits per heavy atom. The maximum absolute atomic E-state index is 4.09. The Morgan fingerprint density at radius 2 is 1.43 bits per heavy atom. The number of hydrogen-bond donors (Lipinski definition) is 0. The highest BCUT2D eigenvalue weighted by molar-refractivity contribution is 5.11. The third-order valence-corrected chi connectivity index (χ3v) is 4.75. The summed E-state index contributed by atoms with van der Waals surface area (Å²) >= 11 is 0. The average molecular weight is 310 g/mol. The molecule has 1 unspecified atom stereocenters. The van der Waals surface area contributed by atoms with Gasteiger partial charge in [-0.3, -0.25) is 14.9 Å². The van der Waals surface area contributed by atoms with E-state index in [0.717, 1.165) is 25.9 Å². The minimum Gasteiger partial charge on any atom is -0.300 e. The van der Waals surface area contributed by atoms with Crippen molar-refractivity contribution in [2.45, 2.75) is 25.8 Å². The molecule has 1 fully saturated rings. The van der Waals surface area contributed by atoms with Crippen LogP contribution in [0.3, 0.4) is 0 Å². The molecule has 1 aliphatic heterocycles. The number of nitrogens with zero attached hydrogens (tertiary/aromatic N) is 4. The summed E-state index contributed by atoms with van der Waals surface area (Å²) in [5.41, 5.74) is 2.76. The van der Waals surface area contributed by atoms with E-state index in [-0.39, 0.29) is 0 Å². The number of hydrogen-bond acceptors (Lipinski definition) is 4. The van der Waals surface area contributed by atoms with Gasteiger partial charge in [-0.25, -0.2) is 0 Å². The lowest BCUT2D eigenvalue weighted by molar-refractivity contribution is 0.0853. The van der Waals surface area contributed by atoms with Crippen LogP contribution >= 0.6 is 0 Å². The highest BCUT2D eigenvalue weighted by atomic mass is 15.3. The summed E-state index contributed by atoms with van der Waals surface area (Å²) < 4.78 is 0. The lowest BCUT2D eigenvalue weighted by Crippen LogP contribution is -2.52. The quantitative estimate of drug-likeness (QED) is 0.819. The van der Waals surface area contributed by atoms with E-state index in [1.807, 2.05) is 24.8 Å². The van der Waals surface area contributed by atoms with Crippen LogP contribution in [0.5, 0.6) is 0 Å². The van der Waals surface area contributed by atoms with Gasteiger partial charge in [0.15, 0.2) is 0 Å². The second-order valence-electron chi connectivity index (χ2n) is 6.40. The Balaban J connectivity index is 1.42. The van der Waals surface area contributed by atoms with Gasteiger partial charge in [-0.05, 0) is 55.2 Å². The van der Waals surface area contributed by atoms with Gasteiger partial charge in [0, 0.05) is 63.6 Å². The van der Waals surface area contributed by atoms with E-state index < -0.39 is 0 Å². The molecular formula is C19H26N4. The van der Waals surface area contributed by atoms with Gasteiger partial charge in [0.2, 0.25) is 0 Å². The summed E-state index contributed by atoms with van der Waals surface area (Å²) in [6.45, 7) is 8.15. The van der Waals surface area contributed by atoms with Crippen molar-refractivity contribution in [3.63, 3.8) is 0 Å². The molecule has 1 atom stereocenters. The molecule has 4 nitrogen and oxygen atoms in total. The van der Waals surface area contributed by atoms with Gasteiger partial charge in [-0.2, -0.15) is 0 Å². The smallest absolute Gasteiger partial charge is 0.0270 e. The molecule has 0 N–H and O–H groups in total. The Labute approximate surface area is 139 Å². The van der Waals surface area contributed by atoms with Gasteiger partial charge < -0.3 is 4.90 Å². The predicted octanol–water partition coefficient (Wildman–Crippen LogP) is 2.27. The Hall–Kier alpha value is -1.78. The molecule has 3 heterocycles. The summed E-state index contributed by atoms with van der Waals surface area (Å²) in [6.07, 6.45) is 9.77. The van der Waals surface area contributed by atoms with E-state index in [1.54, 1.807) is 0 Å². The van der Waals surface area contributed by atoms with Crippen molar-refractivity contribution in [1.82, 2.24) is 19.8 Å². The molecule has 23 heavy (non-hydrogen) atoms. The first-order valence-corrected chi connectivity index (χ1v) is 8.55. The summed E-state index contributed by atoms with van der Waals surface area (Å²) in [4.78, 5) is 13.4. The van der Waals surface area contributed by atoms with E-state index in [4.69, 9.17) is 0 Å². The Morgan fingerprint density at radius 1 is 0.870 bits per heavy atom. The van der Waals surface area contributed by atoms with Gasteiger partial charge in [0.25, 0.3) is 0 Å². The second kappa shape index (κ2) is 8.18. The van der Waals surface area contributed by atoms with Crippen LogP contribution in [0.1, 0.15) is 18.1 Å². The van der Waals surface area contributed by atoms with Gasteiger partial charge >= 0.3 is 0 Å². The van der Waals surface area contributed by atoms with E-state index >= 15 is 0 Å². The first-order chi connectivity index (χ1) is 11.3. The zero-order valence-electron chi connectivity index (χ0n) is 13.9. The van der Waals surface area contributed by atoms with Gasteiger partial charge in [-0.15, -0.1) is 0 Å². The Bertz CT molecular complexity index is 572. The zero-order chi connectivity index (χ0) is 15.9. The molecule has 3 rings (SSSR count). The number of pyridine rings is 2. The molecule has 4 heteroatoms. The van der Waals surface area contributed by atoms with Crippen LogP contribution in [0, 0.1) is 0 Å². The molecule has 0 spiro atoms. The molecule has 1 saturated heterocycles. The monoisotopic (exact) mass is 310 g/mol. The van der Waals surface area contributed by atoms with Crippen molar-refractivity contribution in [3.05, 3.63) is 60.2 Å². The molecule has 2 aromatic rings. The van der Waals surface area contributed by atoms with Crippen LogP contribution in [0.4, 0.5) is 0 Å². The van der Waals surface area contributed by atoms with E-state index in [2.05, 4.69) is 51.0 Å². The molecule has 0 bridgehead atoms. The topological polar surface area (TPSA) is 32.3 Å². The van der Waals surface area contributed by atoms with Crippen molar-refractivity contribution in [2.24, 2.45) is 0 Å².